The highest BCUT2D eigenvalue weighted by molar-refractivity contribution is 8.13. The largest absolute Gasteiger partial charge is 0.790 e. The number of imidazole rings is 1. The number of nitrogens with one attached hydrogen (secondary N) is 2. The number of unbranched alkanes of at least 4 members (excludes halogenated alkanes) is 13. The van der Waals surface area contributed by atoms with Crippen LogP contribution in [0.3, 0.4) is 0 Å². The lowest BCUT2D eigenvalue weighted by Crippen LogP contribution is -2.47. The number of ketones is 1. The summed E-state index contributed by atoms with van der Waals surface area (Å²) < 4.78 is 72.1. The smallest absolute Gasteiger partial charge is 0.274 e. The number of amides is 2. The van der Waals surface area contributed by atoms with Crippen molar-refractivity contribution in [3.63, 3.8) is 0 Å². The highest BCUT2D eigenvalue weighted by atomic mass is 32.2. The van der Waals surface area contributed by atoms with E-state index in [0.29, 0.717) is 13.0 Å². The van der Waals surface area contributed by atoms with Crippen molar-refractivity contribution >= 4 is 74.9 Å². The number of carbonyl (C=O) groups is 4. The topological polar surface area (TPSA) is 451 Å². The van der Waals surface area contributed by atoms with Gasteiger partial charge in [0.15, 0.2) is 29.1 Å². The third kappa shape index (κ3) is 24.8. The summed E-state index contributed by atoms with van der Waals surface area (Å²) in [6.07, 6.45) is 5.44. The van der Waals surface area contributed by atoms with Crippen LogP contribution in [0.4, 0.5) is 5.82 Å². The van der Waals surface area contributed by atoms with Crippen LogP contribution in [0, 0.1) is 5.41 Å². The van der Waals surface area contributed by atoms with Crippen LogP contribution < -0.4 is 35.9 Å². The predicted octanol–water partition coefficient (Wildman–Crippen LogP) is 0.821. The zero-order valence-electron chi connectivity index (χ0n) is 44.6. The number of fused-ring (bicyclic) bond motifs is 1. The molecule has 452 valence electrons. The Balaban J connectivity index is 0.986. The van der Waals surface area contributed by atoms with E-state index in [4.69, 9.17) is 19.9 Å². The fraction of sp³-hybridized carbons (Fsp3) is 0.804. The fourth-order valence-corrected chi connectivity index (χ4v) is 11.8. The molecule has 4 rings (SSSR count). The Morgan fingerprint density at radius 3 is 2.08 bits per heavy atom. The number of rotatable bonds is 39. The van der Waals surface area contributed by atoms with Crippen LogP contribution in [0.15, 0.2) is 12.7 Å². The van der Waals surface area contributed by atoms with Gasteiger partial charge in [-0.05, 0) is 19.8 Å². The Labute approximate surface area is 462 Å². The number of phosphoric acid groups is 3. The molecular formula is C46H76N7O22P3S-4. The highest BCUT2D eigenvalue weighted by Gasteiger charge is 2.47. The number of aromatic nitrogens is 4. The minimum Gasteiger partial charge on any atom is -0.790 e. The Morgan fingerprint density at radius 2 is 1.44 bits per heavy atom. The van der Waals surface area contributed by atoms with Gasteiger partial charge in [0.05, 0.1) is 46.0 Å². The predicted molar refractivity (Wildman–Crippen MR) is 274 cm³/mol. The average molecular weight is 1200 g/mol. The number of nitrogens with zero attached hydrogens (tertiary/aromatic N) is 4. The summed E-state index contributed by atoms with van der Waals surface area (Å²) in [6, 6.07) is 0. The number of nitrogen functional groups attached to an aromatic ring is 1. The molecule has 0 aromatic carbocycles. The van der Waals surface area contributed by atoms with Crippen molar-refractivity contribution in [2.45, 2.75) is 192 Å². The van der Waals surface area contributed by atoms with Gasteiger partial charge in [-0.3, -0.25) is 32.9 Å². The first-order valence-corrected chi connectivity index (χ1v) is 31.7. The highest BCUT2D eigenvalue weighted by Crippen LogP contribution is 2.56. The van der Waals surface area contributed by atoms with E-state index >= 15 is 0 Å². The van der Waals surface area contributed by atoms with Gasteiger partial charge in [-0.15, -0.1) is 0 Å². The number of aliphatic hydroxyl groups is 4. The van der Waals surface area contributed by atoms with Crippen LogP contribution in [0.25, 0.3) is 11.2 Å². The quantitative estimate of drug-likeness (QED) is 0.0277. The van der Waals surface area contributed by atoms with E-state index in [-0.39, 0.29) is 72.1 Å². The Bertz CT molecular complexity index is 2390. The summed E-state index contributed by atoms with van der Waals surface area (Å²) in [5.41, 5.74) is 4.04. The van der Waals surface area contributed by atoms with Gasteiger partial charge in [-0.2, -0.15) is 0 Å². The third-order valence-corrected chi connectivity index (χ3v) is 16.8. The molecule has 0 bridgehead atoms. The Morgan fingerprint density at radius 1 is 0.835 bits per heavy atom. The molecule has 33 heteroatoms. The van der Waals surface area contributed by atoms with E-state index in [1.165, 1.54) is 52.4 Å². The number of aliphatic hydroxyl groups excluding tert-OH is 4. The zero-order valence-corrected chi connectivity index (χ0v) is 48.1. The molecule has 2 aliphatic rings. The second kappa shape index (κ2) is 33.4. The van der Waals surface area contributed by atoms with Gasteiger partial charge >= 0.3 is 0 Å². The average Bonchev–Trinajstić information content (AvgIpc) is 4.06. The number of anilines is 1. The van der Waals surface area contributed by atoms with E-state index in [9.17, 15) is 72.9 Å². The minimum absolute atomic E-state index is 0.0303. The number of thioether (sulfide) groups is 1. The van der Waals surface area contributed by atoms with E-state index in [2.05, 4.69) is 43.5 Å². The standard InChI is InChI=1S/C46H80N7O22P3S/c1-30-32(55)25-33(56)45(72-30)69-22-17-15-13-11-9-7-5-4-6-8-10-12-14-16-18-31(54)24-36(58)79-23-21-48-35(57)19-20-49-43(61)40(60)46(2,3)27-71-78(67,68)75-77(65,66)70-26-34-39(74-76(62,63)64)38(59)44(73-34)53-29-52-37-41(47)50-28-51-42(37)53/h28-30,32-34,38-40,44-45,55-56,59-60H,4-27H2,1-3H3,(H,48,57)(H,49,61)(H,65,66)(H,67,68)(H2,47,50,51)(H2,62,63,64)/p-4/t30-,32+,33+,34+,38+,39+,40-,44+,45+/m0/s1. The molecule has 2 fully saturated rings. The number of carbonyl (C=O) groups excluding carboxylic acids is 4. The lowest BCUT2D eigenvalue weighted by Gasteiger charge is -2.36. The van der Waals surface area contributed by atoms with Gasteiger partial charge in [-0.25, -0.2) is 19.3 Å². The van der Waals surface area contributed by atoms with Crippen molar-refractivity contribution in [3.05, 3.63) is 12.7 Å². The lowest BCUT2D eigenvalue weighted by atomic mass is 9.87. The molecule has 0 aliphatic carbocycles. The van der Waals surface area contributed by atoms with Gasteiger partial charge in [0.1, 0.15) is 48.1 Å². The molecule has 11 atom stereocenters. The third-order valence-electron chi connectivity index (χ3n) is 12.9. The van der Waals surface area contributed by atoms with Crippen molar-refractivity contribution in [1.29, 1.82) is 0 Å². The maximum absolute atomic E-state index is 12.7. The van der Waals surface area contributed by atoms with Crippen molar-refractivity contribution in [2.75, 3.05) is 44.4 Å². The van der Waals surface area contributed by atoms with Crippen molar-refractivity contribution in [1.82, 2.24) is 30.2 Å². The Kier molecular flexibility index (Phi) is 29.0. The second-order valence-electron chi connectivity index (χ2n) is 20.1. The fourth-order valence-electron chi connectivity index (χ4n) is 8.41. The van der Waals surface area contributed by atoms with Crippen molar-refractivity contribution in [3.8, 4) is 0 Å². The number of hydrogen-bond donors (Lipinski definition) is 7. The van der Waals surface area contributed by atoms with Crippen LogP contribution in [0.2, 0.25) is 0 Å². The van der Waals surface area contributed by atoms with Crippen molar-refractivity contribution in [2.24, 2.45) is 5.41 Å². The normalized spacial score (nSPS) is 23.7. The monoisotopic (exact) mass is 1200 g/mol. The summed E-state index contributed by atoms with van der Waals surface area (Å²) in [4.78, 5) is 109. The SMILES string of the molecule is C[C@@H]1O[C@@H](OCCCCCCCCCCCCCCCCC(=O)CC(=O)SCCNC(=O)CCNC(=O)[C@H](O)C(C)(C)COP(=O)([O-])OP(=O)([O-])OC[C@H]2O[C@@H](n3cnc4c(N)ncnc43)[C@H](O)[C@@H]2OP(=O)([O-])[O-])[C@H](O)C[C@H]1O. The summed E-state index contributed by atoms with van der Waals surface area (Å²) in [7, 11) is -17.7. The molecule has 8 N–H and O–H groups in total. The van der Waals surface area contributed by atoms with Crippen molar-refractivity contribution < 1.29 is 105 Å². The Hall–Kier alpha value is -2.93. The molecule has 29 nitrogen and oxygen atoms in total. The van der Waals surface area contributed by atoms with Crippen LogP contribution in [0.1, 0.15) is 143 Å². The first kappa shape index (κ1) is 68.6. The summed E-state index contributed by atoms with van der Waals surface area (Å²) in [6.45, 7) is 2.19. The number of phosphoric ester groups is 3. The molecule has 2 unspecified atom stereocenters. The molecule has 0 spiro atoms. The zero-order chi connectivity index (χ0) is 58.4. The molecular weight excluding hydrogens is 1130 g/mol. The molecule has 2 aliphatic heterocycles. The number of hydrogen-bond acceptors (Lipinski definition) is 27. The lowest BCUT2D eigenvalue weighted by molar-refractivity contribution is -0.347. The minimum atomic E-state index is -5.95. The molecule has 0 saturated carbocycles. The van der Waals surface area contributed by atoms with E-state index < -0.39 is 103 Å². The molecule has 79 heavy (non-hydrogen) atoms. The first-order valence-electron chi connectivity index (χ1n) is 26.3. The summed E-state index contributed by atoms with van der Waals surface area (Å²) in [5.74, 6) is -1.58. The number of ether oxygens (including phenoxy) is 3. The first-order chi connectivity index (χ1) is 37.2. The summed E-state index contributed by atoms with van der Waals surface area (Å²) >= 11 is 0.914. The van der Waals surface area contributed by atoms with Crippen LogP contribution in [0.5, 0.6) is 0 Å². The molecule has 2 aromatic rings. The van der Waals surface area contributed by atoms with Gasteiger partial charge in [0.25, 0.3) is 15.6 Å². The number of Topliss-reactive ketones (excluding diaryl/α,β-unsaturated/α-hetero) is 1. The van der Waals surface area contributed by atoms with E-state index in [1.807, 2.05) is 0 Å². The van der Waals surface area contributed by atoms with E-state index in [0.717, 1.165) is 80.4 Å². The second-order valence-corrected chi connectivity index (χ2v) is 25.3. The molecule has 2 amide bonds. The number of nitrogens with two attached hydrogens (primary N) is 1. The van der Waals surface area contributed by atoms with Crippen LogP contribution in [-0.4, -0.2) is 150 Å². The maximum atomic E-state index is 12.7. The van der Waals surface area contributed by atoms with Gasteiger partial charge in [0.2, 0.25) is 11.8 Å². The van der Waals surface area contributed by atoms with Gasteiger partial charge < -0.3 is 88.7 Å². The van der Waals surface area contributed by atoms with Gasteiger partial charge in [0, 0.05) is 50.1 Å². The molecule has 0 radical (unpaired) electrons. The van der Waals surface area contributed by atoms with Gasteiger partial charge in [-0.1, -0.05) is 103 Å². The summed E-state index contributed by atoms with van der Waals surface area (Å²) in [5, 5.41) is 45.8. The molecule has 2 aromatic heterocycles. The maximum Gasteiger partial charge on any atom is 0.274 e. The molecule has 2 saturated heterocycles. The van der Waals surface area contributed by atoms with E-state index in [1.54, 1.807) is 6.92 Å². The molecule has 4 heterocycles. The van der Waals surface area contributed by atoms with Crippen LogP contribution >= 0.6 is 35.2 Å². The van der Waals surface area contributed by atoms with Crippen LogP contribution in [-0.2, 0) is 65.0 Å².